The average molecular weight is 378 g/mol. The zero-order chi connectivity index (χ0) is 17.9. The van der Waals surface area contributed by atoms with Crippen molar-refractivity contribution >= 4 is 29.1 Å². The first-order chi connectivity index (χ1) is 11.7. The van der Waals surface area contributed by atoms with Crippen molar-refractivity contribution in [3.05, 3.63) is 45.2 Å². The smallest absolute Gasteiger partial charge is 0.272 e. The van der Waals surface area contributed by atoms with E-state index in [9.17, 15) is 4.79 Å². The summed E-state index contributed by atoms with van der Waals surface area (Å²) < 4.78 is 1.87. The maximum absolute atomic E-state index is 12.8. The highest BCUT2D eigenvalue weighted by Gasteiger charge is 2.44. The van der Waals surface area contributed by atoms with Crippen LogP contribution in [0.3, 0.4) is 0 Å². The molecule has 0 saturated heterocycles. The van der Waals surface area contributed by atoms with E-state index >= 15 is 0 Å². The zero-order valence-corrected chi connectivity index (χ0v) is 16.1. The topological polar surface area (TPSA) is 46.9 Å². The normalized spacial score (nSPS) is 21.5. The Kier molecular flexibility index (Phi) is 3.89. The predicted octanol–water partition coefficient (Wildman–Crippen LogP) is 5.07. The van der Waals surface area contributed by atoms with Gasteiger partial charge in [0.15, 0.2) is 5.69 Å². The molecule has 4 nitrogen and oxygen atoms in total. The van der Waals surface area contributed by atoms with E-state index in [0.29, 0.717) is 27.6 Å². The molecule has 132 valence electrons. The molecule has 1 aromatic carbocycles. The number of fused-ring (bicyclic) bond motifs is 5. The molecule has 1 amide bonds. The van der Waals surface area contributed by atoms with Crippen molar-refractivity contribution in [1.29, 1.82) is 0 Å². The van der Waals surface area contributed by atoms with Crippen LogP contribution in [0.4, 0.5) is 0 Å². The molecule has 2 atom stereocenters. The van der Waals surface area contributed by atoms with Crippen LogP contribution in [0, 0.1) is 0 Å². The lowest BCUT2D eigenvalue weighted by Crippen LogP contribution is -2.41. The Balaban J connectivity index is 1.86. The number of halogens is 2. The molecule has 2 unspecified atom stereocenters. The number of carbonyl (C=O) groups excluding carboxylic acids is 1. The second-order valence-corrected chi connectivity index (χ2v) is 8.91. The zero-order valence-electron chi connectivity index (χ0n) is 14.6. The lowest BCUT2D eigenvalue weighted by atomic mass is 9.95. The molecule has 1 fully saturated rings. The van der Waals surface area contributed by atoms with E-state index in [1.165, 1.54) is 0 Å². The van der Waals surface area contributed by atoms with Crippen LogP contribution in [-0.4, -0.2) is 21.2 Å². The van der Waals surface area contributed by atoms with Gasteiger partial charge in [0.1, 0.15) is 0 Å². The summed E-state index contributed by atoms with van der Waals surface area (Å²) in [5, 5.41) is 8.87. The largest absolute Gasteiger partial charge is 0.346 e. The van der Waals surface area contributed by atoms with Crippen LogP contribution in [0.15, 0.2) is 18.2 Å². The lowest BCUT2D eigenvalue weighted by Gasteiger charge is -2.20. The molecule has 0 spiro atoms. The van der Waals surface area contributed by atoms with Crippen molar-refractivity contribution in [1.82, 2.24) is 15.1 Å². The summed E-state index contributed by atoms with van der Waals surface area (Å²) in [7, 11) is 0. The summed E-state index contributed by atoms with van der Waals surface area (Å²) in [5.41, 5.74) is 3.29. The Morgan fingerprint density at radius 3 is 2.64 bits per heavy atom. The Hall–Kier alpha value is -1.52. The van der Waals surface area contributed by atoms with Crippen molar-refractivity contribution < 1.29 is 4.79 Å². The number of carbonyl (C=O) groups is 1. The van der Waals surface area contributed by atoms with Crippen molar-refractivity contribution in [2.24, 2.45) is 0 Å². The van der Waals surface area contributed by atoms with Gasteiger partial charge in [0, 0.05) is 22.0 Å². The molecular formula is C19H21Cl2N3O. The number of benzene rings is 1. The van der Waals surface area contributed by atoms with E-state index in [1.807, 2.05) is 31.5 Å². The number of nitrogens with one attached hydrogen (secondary N) is 1. The molecular weight excluding hydrogens is 357 g/mol. The molecule has 1 aromatic heterocycles. The van der Waals surface area contributed by atoms with Gasteiger partial charge in [0.05, 0.1) is 16.4 Å². The van der Waals surface area contributed by atoms with Crippen molar-refractivity contribution in [3.8, 4) is 5.69 Å². The molecule has 0 radical (unpaired) electrons. The molecule has 2 aliphatic rings. The van der Waals surface area contributed by atoms with Crippen LogP contribution in [-0.2, 0) is 0 Å². The highest BCUT2D eigenvalue weighted by atomic mass is 35.5. The molecule has 0 aliphatic heterocycles. The standard InChI is InChI=1S/C19H21Cl2N3O/c1-19(2,3)22-18(25)16-15-10-4-5-11(8-10)17(15)24(23-16)14-7-6-12(20)9-13(14)21/h6-7,9-11H,4-5,8H2,1-3H3,(H,22,25). The minimum absolute atomic E-state index is 0.111. The first-order valence-corrected chi connectivity index (χ1v) is 9.41. The average Bonchev–Trinajstić information content (AvgIpc) is 3.17. The molecule has 25 heavy (non-hydrogen) atoms. The molecule has 2 bridgehead atoms. The predicted molar refractivity (Wildman–Crippen MR) is 100 cm³/mol. The second-order valence-electron chi connectivity index (χ2n) is 8.07. The summed E-state index contributed by atoms with van der Waals surface area (Å²) in [5.74, 6) is 0.774. The number of hydrogen-bond acceptors (Lipinski definition) is 2. The number of nitrogens with zero attached hydrogens (tertiary/aromatic N) is 2. The monoisotopic (exact) mass is 377 g/mol. The van der Waals surface area contributed by atoms with Crippen LogP contribution in [0.1, 0.15) is 73.6 Å². The Morgan fingerprint density at radius 1 is 1.24 bits per heavy atom. The lowest BCUT2D eigenvalue weighted by molar-refractivity contribution is 0.0912. The minimum Gasteiger partial charge on any atom is -0.346 e. The van der Waals surface area contributed by atoms with Crippen LogP contribution in [0.25, 0.3) is 5.69 Å². The van der Waals surface area contributed by atoms with Gasteiger partial charge in [0.25, 0.3) is 5.91 Å². The quantitative estimate of drug-likeness (QED) is 0.793. The molecule has 1 N–H and O–H groups in total. The Labute approximate surface area is 157 Å². The van der Waals surface area contributed by atoms with Gasteiger partial charge < -0.3 is 5.32 Å². The third kappa shape index (κ3) is 2.85. The summed E-state index contributed by atoms with van der Waals surface area (Å²) in [6.45, 7) is 5.93. The minimum atomic E-state index is -0.302. The summed E-state index contributed by atoms with van der Waals surface area (Å²) in [6, 6.07) is 5.39. The Morgan fingerprint density at radius 2 is 1.96 bits per heavy atom. The fraction of sp³-hybridized carbons (Fsp3) is 0.474. The van der Waals surface area contributed by atoms with Gasteiger partial charge in [-0.05, 0) is 64.2 Å². The van der Waals surface area contributed by atoms with Crippen LogP contribution in [0.2, 0.25) is 10.0 Å². The third-order valence-corrected chi connectivity index (χ3v) is 5.57. The van der Waals surface area contributed by atoms with Gasteiger partial charge in [-0.2, -0.15) is 5.10 Å². The fourth-order valence-corrected chi connectivity index (χ4v) is 4.62. The van der Waals surface area contributed by atoms with Crippen molar-refractivity contribution in [3.63, 3.8) is 0 Å². The Bertz CT molecular complexity index is 866. The molecule has 2 aliphatic carbocycles. The molecule has 4 rings (SSSR count). The van der Waals surface area contributed by atoms with E-state index in [-0.39, 0.29) is 11.4 Å². The SMILES string of the molecule is CC(C)(C)NC(=O)c1nn(-c2ccc(Cl)cc2Cl)c2c1C1CCC2C1. The highest BCUT2D eigenvalue weighted by molar-refractivity contribution is 6.35. The highest BCUT2D eigenvalue weighted by Crippen LogP contribution is 2.54. The molecule has 2 aromatic rings. The first kappa shape index (κ1) is 16.9. The molecule has 1 heterocycles. The maximum atomic E-state index is 12.8. The maximum Gasteiger partial charge on any atom is 0.272 e. The molecule has 1 saturated carbocycles. The van der Waals surface area contributed by atoms with Gasteiger partial charge in [-0.15, -0.1) is 0 Å². The van der Waals surface area contributed by atoms with Crippen LogP contribution in [0.5, 0.6) is 0 Å². The molecule has 6 heteroatoms. The van der Waals surface area contributed by atoms with E-state index in [0.717, 1.165) is 36.2 Å². The number of amides is 1. The van der Waals surface area contributed by atoms with Gasteiger partial charge in [-0.3, -0.25) is 4.79 Å². The van der Waals surface area contributed by atoms with Crippen LogP contribution >= 0.6 is 23.2 Å². The van der Waals surface area contributed by atoms with Gasteiger partial charge >= 0.3 is 0 Å². The number of rotatable bonds is 2. The third-order valence-electron chi connectivity index (χ3n) is 5.03. The van der Waals surface area contributed by atoms with Gasteiger partial charge in [-0.1, -0.05) is 23.2 Å². The van der Waals surface area contributed by atoms with Gasteiger partial charge in [-0.25, -0.2) is 4.68 Å². The second kappa shape index (κ2) is 5.75. The van der Waals surface area contributed by atoms with E-state index in [2.05, 4.69) is 5.32 Å². The number of hydrogen-bond donors (Lipinski definition) is 1. The van der Waals surface area contributed by atoms with Crippen molar-refractivity contribution in [2.45, 2.75) is 57.4 Å². The van der Waals surface area contributed by atoms with Crippen molar-refractivity contribution in [2.75, 3.05) is 0 Å². The summed E-state index contributed by atoms with van der Waals surface area (Å²) in [6.07, 6.45) is 3.39. The van der Waals surface area contributed by atoms with E-state index < -0.39 is 0 Å². The number of aromatic nitrogens is 2. The van der Waals surface area contributed by atoms with Crippen LogP contribution < -0.4 is 5.32 Å². The van der Waals surface area contributed by atoms with Gasteiger partial charge in [0.2, 0.25) is 0 Å². The van der Waals surface area contributed by atoms with E-state index in [4.69, 9.17) is 28.3 Å². The first-order valence-electron chi connectivity index (χ1n) is 8.65. The summed E-state index contributed by atoms with van der Waals surface area (Å²) in [4.78, 5) is 12.8. The van der Waals surface area contributed by atoms with E-state index in [1.54, 1.807) is 12.1 Å². The fourth-order valence-electron chi connectivity index (χ4n) is 4.13. The summed E-state index contributed by atoms with van der Waals surface area (Å²) >= 11 is 12.5.